The van der Waals surface area contributed by atoms with Gasteiger partial charge in [-0.1, -0.05) is 43.3 Å². The largest absolute Gasteiger partial charge is 0.296 e. The van der Waals surface area contributed by atoms with Crippen molar-refractivity contribution in [1.29, 1.82) is 0 Å². The Morgan fingerprint density at radius 2 is 1.80 bits per heavy atom. The second-order valence-electron chi connectivity index (χ2n) is 5.94. The fraction of sp³-hybridized carbons (Fsp3) is 0.389. The minimum absolute atomic E-state index is 0.241. The molecule has 2 nitrogen and oxygen atoms in total. The molecule has 1 fully saturated rings. The van der Waals surface area contributed by atoms with Crippen molar-refractivity contribution >= 4 is 16.6 Å². The van der Waals surface area contributed by atoms with Crippen molar-refractivity contribution in [2.45, 2.75) is 19.8 Å². The van der Waals surface area contributed by atoms with Crippen molar-refractivity contribution in [2.24, 2.45) is 5.92 Å². The molecule has 2 aromatic rings. The fourth-order valence-electron chi connectivity index (χ4n) is 2.88. The smallest absolute Gasteiger partial charge is 0.176 e. The molecule has 20 heavy (non-hydrogen) atoms. The second kappa shape index (κ2) is 5.76. The van der Waals surface area contributed by atoms with Gasteiger partial charge in [-0.05, 0) is 48.7 Å². The third-order valence-corrected chi connectivity index (χ3v) is 4.31. The number of nitrogens with zero attached hydrogens (tertiary/aromatic N) is 1. The Kier molecular flexibility index (Phi) is 3.83. The Balaban J connectivity index is 1.72. The van der Waals surface area contributed by atoms with Crippen molar-refractivity contribution in [3.8, 4) is 0 Å². The number of likely N-dealkylation sites (tertiary alicyclic amines) is 1. The Morgan fingerprint density at radius 3 is 2.55 bits per heavy atom. The van der Waals surface area contributed by atoms with E-state index >= 15 is 0 Å². The van der Waals surface area contributed by atoms with E-state index in [-0.39, 0.29) is 5.78 Å². The molecule has 1 aliphatic heterocycles. The van der Waals surface area contributed by atoms with Crippen LogP contribution in [0, 0.1) is 5.92 Å². The van der Waals surface area contributed by atoms with Crippen LogP contribution in [0.25, 0.3) is 10.8 Å². The maximum absolute atomic E-state index is 12.4. The fourth-order valence-corrected chi connectivity index (χ4v) is 2.88. The molecule has 0 amide bonds. The van der Waals surface area contributed by atoms with Gasteiger partial charge in [-0.25, -0.2) is 0 Å². The zero-order valence-electron chi connectivity index (χ0n) is 12.0. The molecule has 3 rings (SSSR count). The van der Waals surface area contributed by atoms with Crippen molar-refractivity contribution in [3.05, 3.63) is 48.0 Å². The summed E-state index contributed by atoms with van der Waals surface area (Å²) in [5.74, 6) is 1.05. The number of Topliss-reactive ketones (excluding diaryl/α,β-unsaturated/α-hetero) is 1. The van der Waals surface area contributed by atoms with Gasteiger partial charge in [0.15, 0.2) is 5.78 Å². The summed E-state index contributed by atoms with van der Waals surface area (Å²) in [6.07, 6.45) is 2.43. The van der Waals surface area contributed by atoms with Crippen LogP contribution >= 0.6 is 0 Å². The standard InChI is InChI=1S/C18H21NO/c1-14-8-10-19(11-9-14)13-18(20)17-7-6-15-4-2-3-5-16(15)12-17/h2-7,12,14H,8-11,13H2,1H3. The summed E-state index contributed by atoms with van der Waals surface area (Å²) < 4.78 is 0. The summed E-state index contributed by atoms with van der Waals surface area (Å²) in [5, 5.41) is 2.33. The number of carbonyl (C=O) groups excluding carboxylic acids is 1. The van der Waals surface area contributed by atoms with Crippen molar-refractivity contribution < 1.29 is 4.79 Å². The second-order valence-corrected chi connectivity index (χ2v) is 5.94. The summed E-state index contributed by atoms with van der Waals surface area (Å²) in [7, 11) is 0. The highest BCUT2D eigenvalue weighted by Gasteiger charge is 2.18. The van der Waals surface area contributed by atoms with E-state index < -0.39 is 0 Å². The molecule has 1 saturated heterocycles. The third-order valence-electron chi connectivity index (χ3n) is 4.31. The van der Waals surface area contributed by atoms with Gasteiger partial charge in [0.25, 0.3) is 0 Å². The zero-order valence-corrected chi connectivity index (χ0v) is 12.0. The molecule has 0 saturated carbocycles. The average Bonchev–Trinajstić information content (AvgIpc) is 2.49. The third kappa shape index (κ3) is 2.91. The molecule has 0 radical (unpaired) electrons. The first-order valence-electron chi connectivity index (χ1n) is 7.47. The highest BCUT2D eigenvalue weighted by atomic mass is 16.1. The molecular formula is C18H21NO. The minimum atomic E-state index is 0.241. The van der Waals surface area contributed by atoms with Crippen LogP contribution in [0.2, 0.25) is 0 Å². The molecule has 0 bridgehead atoms. The average molecular weight is 267 g/mol. The molecule has 0 unspecified atom stereocenters. The molecule has 0 spiro atoms. The quantitative estimate of drug-likeness (QED) is 0.789. The van der Waals surface area contributed by atoms with Gasteiger partial charge < -0.3 is 0 Å². The molecule has 2 aromatic carbocycles. The normalized spacial score (nSPS) is 17.4. The van der Waals surface area contributed by atoms with Gasteiger partial charge in [-0.3, -0.25) is 9.69 Å². The van der Waals surface area contributed by atoms with Gasteiger partial charge >= 0.3 is 0 Å². The van der Waals surface area contributed by atoms with E-state index in [0.717, 1.165) is 30.0 Å². The maximum Gasteiger partial charge on any atom is 0.176 e. The first-order chi connectivity index (χ1) is 9.72. The molecule has 0 aliphatic carbocycles. The minimum Gasteiger partial charge on any atom is -0.296 e. The summed E-state index contributed by atoms with van der Waals surface area (Å²) in [6.45, 7) is 4.97. The first kappa shape index (κ1) is 13.3. The van der Waals surface area contributed by atoms with E-state index in [4.69, 9.17) is 0 Å². The van der Waals surface area contributed by atoms with Crippen LogP contribution in [0.15, 0.2) is 42.5 Å². The number of carbonyl (C=O) groups is 1. The van der Waals surface area contributed by atoms with Gasteiger partial charge in [0.1, 0.15) is 0 Å². The Bertz CT molecular complexity index is 612. The lowest BCUT2D eigenvalue weighted by molar-refractivity contribution is 0.0900. The predicted molar refractivity (Wildman–Crippen MR) is 83.1 cm³/mol. The SMILES string of the molecule is CC1CCN(CC(=O)c2ccc3ccccc3c2)CC1. The lowest BCUT2D eigenvalue weighted by atomic mass is 9.98. The van der Waals surface area contributed by atoms with E-state index in [1.54, 1.807) is 0 Å². The number of hydrogen-bond acceptors (Lipinski definition) is 2. The van der Waals surface area contributed by atoms with Gasteiger partial charge in [-0.2, -0.15) is 0 Å². The van der Waals surface area contributed by atoms with Gasteiger partial charge in [0.05, 0.1) is 6.54 Å². The van der Waals surface area contributed by atoms with E-state index in [1.807, 2.05) is 30.3 Å². The highest BCUT2D eigenvalue weighted by molar-refractivity contribution is 6.01. The molecular weight excluding hydrogens is 246 g/mol. The van der Waals surface area contributed by atoms with Crippen LogP contribution in [0.3, 0.4) is 0 Å². The zero-order chi connectivity index (χ0) is 13.9. The van der Waals surface area contributed by atoms with Gasteiger partial charge in [-0.15, -0.1) is 0 Å². The first-order valence-corrected chi connectivity index (χ1v) is 7.47. The molecule has 0 atom stereocenters. The van der Waals surface area contributed by atoms with Crippen LogP contribution in [0.1, 0.15) is 30.1 Å². The number of piperidine rings is 1. The van der Waals surface area contributed by atoms with E-state index in [1.165, 1.54) is 18.2 Å². The Hall–Kier alpha value is -1.67. The lowest BCUT2D eigenvalue weighted by Gasteiger charge is -2.29. The molecule has 1 aliphatic rings. The van der Waals surface area contributed by atoms with Crippen LogP contribution in [0.5, 0.6) is 0 Å². The number of benzene rings is 2. The van der Waals surface area contributed by atoms with Crippen LogP contribution in [0.4, 0.5) is 0 Å². The lowest BCUT2D eigenvalue weighted by Crippen LogP contribution is -2.36. The topological polar surface area (TPSA) is 20.3 Å². The Morgan fingerprint density at radius 1 is 1.10 bits per heavy atom. The predicted octanol–water partition coefficient (Wildman–Crippen LogP) is 3.75. The maximum atomic E-state index is 12.4. The van der Waals surface area contributed by atoms with E-state index in [2.05, 4.69) is 24.0 Å². The molecule has 2 heteroatoms. The number of ketones is 1. The Labute approximate surface area is 120 Å². The summed E-state index contributed by atoms with van der Waals surface area (Å²) >= 11 is 0. The van der Waals surface area contributed by atoms with E-state index in [9.17, 15) is 4.79 Å². The number of fused-ring (bicyclic) bond motifs is 1. The van der Waals surface area contributed by atoms with Crippen molar-refractivity contribution in [1.82, 2.24) is 4.90 Å². The monoisotopic (exact) mass is 267 g/mol. The molecule has 104 valence electrons. The van der Waals surface area contributed by atoms with Crippen molar-refractivity contribution in [2.75, 3.05) is 19.6 Å². The van der Waals surface area contributed by atoms with Crippen molar-refractivity contribution in [3.63, 3.8) is 0 Å². The number of rotatable bonds is 3. The molecule has 0 aromatic heterocycles. The van der Waals surface area contributed by atoms with Crippen LogP contribution in [-0.4, -0.2) is 30.3 Å². The summed E-state index contributed by atoms with van der Waals surface area (Å²) in [5.41, 5.74) is 0.835. The molecule has 1 heterocycles. The highest BCUT2D eigenvalue weighted by Crippen LogP contribution is 2.18. The summed E-state index contributed by atoms with van der Waals surface area (Å²) in [6, 6.07) is 14.2. The van der Waals surface area contributed by atoms with Crippen LogP contribution < -0.4 is 0 Å². The van der Waals surface area contributed by atoms with Gasteiger partial charge in [0, 0.05) is 5.56 Å². The van der Waals surface area contributed by atoms with E-state index in [0.29, 0.717) is 6.54 Å². The molecule has 0 N–H and O–H groups in total. The van der Waals surface area contributed by atoms with Gasteiger partial charge in [0.2, 0.25) is 0 Å². The van der Waals surface area contributed by atoms with Crippen LogP contribution in [-0.2, 0) is 0 Å². The summed E-state index contributed by atoms with van der Waals surface area (Å²) in [4.78, 5) is 14.7. The number of hydrogen-bond donors (Lipinski definition) is 0.